The van der Waals surface area contributed by atoms with Crippen LogP contribution in [-0.4, -0.2) is 12.6 Å². The van der Waals surface area contributed by atoms with Crippen molar-refractivity contribution < 1.29 is 0 Å². The normalized spacial score (nSPS) is 35.2. The van der Waals surface area contributed by atoms with E-state index in [-0.39, 0.29) is 0 Å². The van der Waals surface area contributed by atoms with Crippen LogP contribution >= 0.6 is 0 Å². The molecule has 0 bridgehead atoms. The highest BCUT2D eigenvalue weighted by molar-refractivity contribution is 4.96. The third-order valence-corrected chi connectivity index (χ3v) is 6.52. The van der Waals surface area contributed by atoms with Crippen molar-refractivity contribution >= 4 is 0 Å². The minimum atomic E-state index is 0.717. The van der Waals surface area contributed by atoms with Gasteiger partial charge in [-0.1, -0.05) is 51.9 Å². The van der Waals surface area contributed by atoms with Crippen molar-refractivity contribution in [3.8, 4) is 0 Å². The third kappa shape index (κ3) is 3.35. The molecular formula is C18H33N. The highest BCUT2D eigenvalue weighted by Crippen LogP contribution is 2.48. The van der Waals surface area contributed by atoms with Crippen LogP contribution in [0.1, 0.15) is 84.0 Å². The average Bonchev–Trinajstić information content (AvgIpc) is 3.27. The maximum absolute atomic E-state index is 4.02. The summed E-state index contributed by atoms with van der Waals surface area (Å²) in [5, 5.41) is 4.02. The highest BCUT2D eigenvalue weighted by Gasteiger charge is 2.41. The van der Waals surface area contributed by atoms with Gasteiger partial charge in [0.05, 0.1) is 0 Å². The first-order valence-electron chi connectivity index (χ1n) is 9.06. The lowest BCUT2D eigenvalue weighted by Crippen LogP contribution is -2.44. The number of hydrogen-bond donors (Lipinski definition) is 1. The molecular weight excluding hydrogens is 230 g/mol. The Hall–Kier alpha value is -0.0400. The number of hydrogen-bond acceptors (Lipinski definition) is 1. The summed E-state index contributed by atoms with van der Waals surface area (Å²) in [5.74, 6) is 2.07. The molecule has 0 aromatic rings. The minimum absolute atomic E-state index is 0.717. The molecule has 3 aliphatic carbocycles. The smallest absolute Gasteiger partial charge is 0.00982 e. The zero-order valence-corrected chi connectivity index (χ0v) is 12.9. The molecule has 2 atom stereocenters. The average molecular weight is 263 g/mol. The quantitative estimate of drug-likeness (QED) is 0.743. The van der Waals surface area contributed by atoms with Crippen LogP contribution in [0.25, 0.3) is 0 Å². The largest absolute Gasteiger partial charge is 0.313 e. The first-order chi connectivity index (χ1) is 9.33. The second-order valence-electron chi connectivity index (χ2n) is 7.69. The lowest BCUT2D eigenvalue weighted by molar-refractivity contribution is 0.145. The van der Waals surface area contributed by atoms with Crippen LogP contribution < -0.4 is 5.32 Å². The van der Waals surface area contributed by atoms with Crippen molar-refractivity contribution in [3.05, 3.63) is 0 Å². The van der Waals surface area contributed by atoms with Crippen LogP contribution in [0.15, 0.2) is 0 Å². The highest BCUT2D eigenvalue weighted by atomic mass is 14.9. The molecule has 0 saturated heterocycles. The van der Waals surface area contributed by atoms with E-state index in [0.29, 0.717) is 5.41 Å². The van der Waals surface area contributed by atoms with Crippen LogP contribution in [-0.2, 0) is 0 Å². The van der Waals surface area contributed by atoms with Gasteiger partial charge in [-0.3, -0.25) is 0 Å². The summed E-state index contributed by atoms with van der Waals surface area (Å²) in [4.78, 5) is 0. The van der Waals surface area contributed by atoms with E-state index in [1.165, 1.54) is 83.6 Å². The SMILES string of the molecule is CCC1(CNC2CCCCC2C2CCCCC2)CC1. The van der Waals surface area contributed by atoms with Gasteiger partial charge in [-0.2, -0.15) is 0 Å². The van der Waals surface area contributed by atoms with Gasteiger partial charge in [0.15, 0.2) is 0 Å². The van der Waals surface area contributed by atoms with Gasteiger partial charge in [0.2, 0.25) is 0 Å². The maximum atomic E-state index is 4.02. The second-order valence-corrected chi connectivity index (χ2v) is 7.69. The van der Waals surface area contributed by atoms with Crippen molar-refractivity contribution in [1.29, 1.82) is 0 Å². The zero-order chi connectivity index (χ0) is 13.1. The Labute approximate surface area is 119 Å². The van der Waals surface area contributed by atoms with Gasteiger partial charge in [0.1, 0.15) is 0 Å². The fourth-order valence-electron chi connectivity index (χ4n) is 4.72. The summed E-state index contributed by atoms with van der Waals surface area (Å²) in [6.45, 7) is 3.70. The summed E-state index contributed by atoms with van der Waals surface area (Å²) in [6, 6.07) is 0.862. The Bertz CT molecular complexity index is 275. The van der Waals surface area contributed by atoms with E-state index in [1.807, 2.05) is 0 Å². The molecule has 0 heterocycles. The van der Waals surface area contributed by atoms with Crippen LogP contribution in [0.4, 0.5) is 0 Å². The predicted molar refractivity (Wildman–Crippen MR) is 82.3 cm³/mol. The van der Waals surface area contributed by atoms with E-state index < -0.39 is 0 Å². The van der Waals surface area contributed by atoms with Crippen LogP contribution in [0.2, 0.25) is 0 Å². The molecule has 0 radical (unpaired) electrons. The molecule has 1 nitrogen and oxygen atoms in total. The zero-order valence-electron chi connectivity index (χ0n) is 12.9. The molecule has 3 fully saturated rings. The van der Waals surface area contributed by atoms with Crippen molar-refractivity contribution in [3.63, 3.8) is 0 Å². The molecule has 3 rings (SSSR count). The van der Waals surface area contributed by atoms with Gasteiger partial charge in [0.25, 0.3) is 0 Å². The molecule has 3 saturated carbocycles. The van der Waals surface area contributed by atoms with Crippen molar-refractivity contribution in [2.75, 3.05) is 6.54 Å². The van der Waals surface area contributed by atoms with Gasteiger partial charge >= 0.3 is 0 Å². The third-order valence-electron chi connectivity index (χ3n) is 6.52. The lowest BCUT2D eigenvalue weighted by Gasteiger charge is -2.40. The van der Waals surface area contributed by atoms with Gasteiger partial charge in [0, 0.05) is 12.6 Å². The molecule has 110 valence electrons. The second kappa shape index (κ2) is 6.16. The van der Waals surface area contributed by atoms with Crippen LogP contribution in [0, 0.1) is 17.3 Å². The molecule has 0 aromatic carbocycles. The topological polar surface area (TPSA) is 12.0 Å². The standard InChI is InChI=1S/C18H33N/c1-2-18(12-13-18)14-19-17-11-7-6-10-16(17)15-8-4-3-5-9-15/h15-17,19H,2-14H2,1H3. The molecule has 1 N–H and O–H groups in total. The van der Waals surface area contributed by atoms with E-state index in [0.717, 1.165) is 17.9 Å². The molecule has 19 heavy (non-hydrogen) atoms. The minimum Gasteiger partial charge on any atom is -0.313 e. The van der Waals surface area contributed by atoms with Crippen molar-refractivity contribution in [2.24, 2.45) is 17.3 Å². The van der Waals surface area contributed by atoms with Crippen LogP contribution in [0.5, 0.6) is 0 Å². The molecule has 0 aliphatic heterocycles. The van der Waals surface area contributed by atoms with Gasteiger partial charge < -0.3 is 5.32 Å². The van der Waals surface area contributed by atoms with Gasteiger partial charge in [-0.15, -0.1) is 0 Å². The van der Waals surface area contributed by atoms with E-state index in [4.69, 9.17) is 0 Å². The monoisotopic (exact) mass is 263 g/mol. The Morgan fingerprint density at radius 1 is 0.895 bits per heavy atom. The van der Waals surface area contributed by atoms with E-state index >= 15 is 0 Å². The van der Waals surface area contributed by atoms with Gasteiger partial charge in [-0.05, 0) is 49.4 Å². The van der Waals surface area contributed by atoms with Crippen molar-refractivity contribution in [1.82, 2.24) is 5.32 Å². The predicted octanol–water partition coefficient (Wildman–Crippen LogP) is 4.91. The first kappa shape index (κ1) is 13.9. The number of rotatable bonds is 5. The summed E-state index contributed by atoms with van der Waals surface area (Å²) >= 11 is 0. The number of nitrogens with one attached hydrogen (secondary N) is 1. The Kier molecular flexibility index (Phi) is 4.51. The van der Waals surface area contributed by atoms with Crippen molar-refractivity contribution in [2.45, 2.75) is 90.0 Å². The van der Waals surface area contributed by atoms with E-state index in [9.17, 15) is 0 Å². The molecule has 0 spiro atoms. The Morgan fingerprint density at radius 2 is 1.58 bits per heavy atom. The fourth-order valence-corrected chi connectivity index (χ4v) is 4.72. The fraction of sp³-hybridized carbons (Fsp3) is 1.00. The molecule has 0 amide bonds. The maximum Gasteiger partial charge on any atom is 0.00982 e. The first-order valence-corrected chi connectivity index (χ1v) is 9.06. The van der Waals surface area contributed by atoms with Gasteiger partial charge in [-0.25, -0.2) is 0 Å². The lowest BCUT2D eigenvalue weighted by atomic mass is 9.71. The summed E-state index contributed by atoms with van der Waals surface area (Å²) in [7, 11) is 0. The molecule has 1 heteroatoms. The summed E-state index contributed by atoms with van der Waals surface area (Å²) < 4.78 is 0. The summed E-state index contributed by atoms with van der Waals surface area (Å²) in [6.07, 6.45) is 17.9. The Balaban J connectivity index is 1.54. The van der Waals surface area contributed by atoms with E-state index in [2.05, 4.69) is 12.2 Å². The molecule has 2 unspecified atom stereocenters. The summed E-state index contributed by atoms with van der Waals surface area (Å²) in [5.41, 5.74) is 0.717. The van der Waals surface area contributed by atoms with Crippen LogP contribution in [0.3, 0.4) is 0 Å². The van der Waals surface area contributed by atoms with E-state index in [1.54, 1.807) is 0 Å². The molecule has 0 aromatic heterocycles. The Morgan fingerprint density at radius 3 is 2.26 bits per heavy atom. The molecule has 3 aliphatic rings.